The van der Waals surface area contributed by atoms with Gasteiger partial charge in [-0.15, -0.1) is 0 Å². The molecule has 0 unspecified atom stereocenters. The minimum Gasteiger partial charge on any atom is -0.321 e. The van der Waals surface area contributed by atoms with E-state index in [0.717, 1.165) is 11.3 Å². The van der Waals surface area contributed by atoms with Crippen LogP contribution in [0.1, 0.15) is 11.3 Å². The Morgan fingerprint density at radius 3 is 2.52 bits per heavy atom. The van der Waals surface area contributed by atoms with E-state index in [1.54, 1.807) is 36.4 Å². The van der Waals surface area contributed by atoms with Crippen molar-refractivity contribution in [3.05, 3.63) is 87.7 Å². The van der Waals surface area contributed by atoms with E-state index in [1.807, 2.05) is 48.0 Å². The molecule has 6 heteroatoms. The molecule has 0 saturated carbocycles. The summed E-state index contributed by atoms with van der Waals surface area (Å²) in [6.07, 6.45) is 3.40. The Morgan fingerprint density at radius 1 is 1.11 bits per heavy atom. The number of halogens is 2. The summed E-state index contributed by atoms with van der Waals surface area (Å²) in [5.74, 6) is -0.494. The maximum atomic E-state index is 12.6. The maximum absolute atomic E-state index is 12.6. The number of rotatable bonds is 4. The van der Waals surface area contributed by atoms with Crippen molar-refractivity contribution in [1.82, 2.24) is 4.57 Å². The van der Waals surface area contributed by atoms with Crippen molar-refractivity contribution < 1.29 is 4.79 Å². The smallest absolute Gasteiger partial charge is 0.266 e. The van der Waals surface area contributed by atoms with Crippen LogP contribution in [0, 0.1) is 18.3 Å². The predicted octanol–water partition coefficient (Wildman–Crippen LogP) is 5.64. The lowest BCUT2D eigenvalue weighted by Crippen LogP contribution is -2.14. The largest absolute Gasteiger partial charge is 0.321 e. The first-order valence-corrected chi connectivity index (χ1v) is 8.86. The van der Waals surface area contributed by atoms with Crippen molar-refractivity contribution in [1.29, 1.82) is 5.26 Å². The summed E-state index contributed by atoms with van der Waals surface area (Å²) in [7, 11) is 0. The lowest BCUT2D eigenvalue weighted by Gasteiger charge is -2.09. The monoisotopic (exact) mass is 395 g/mol. The number of hydrogen-bond acceptors (Lipinski definition) is 2. The number of aromatic nitrogens is 1. The molecule has 2 aromatic carbocycles. The third kappa shape index (κ3) is 4.40. The van der Waals surface area contributed by atoms with Crippen molar-refractivity contribution in [3.8, 4) is 11.8 Å². The van der Waals surface area contributed by atoms with Gasteiger partial charge in [-0.3, -0.25) is 4.79 Å². The molecule has 134 valence electrons. The fraction of sp³-hybridized carbons (Fsp3) is 0.0476. The molecule has 0 aliphatic heterocycles. The van der Waals surface area contributed by atoms with Gasteiger partial charge in [-0.2, -0.15) is 5.26 Å². The van der Waals surface area contributed by atoms with Gasteiger partial charge in [-0.05, 0) is 67.1 Å². The van der Waals surface area contributed by atoms with Gasteiger partial charge < -0.3 is 9.88 Å². The van der Waals surface area contributed by atoms with E-state index in [2.05, 4.69) is 5.32 Å². The zero-order chi connectivity index (χ0) is 19.4. The van der Waals surface area contributed by atoms with Crippen LogP contribution in [-0.2, 0) is 4.79 Å². The Balaban J connectivity index is 1.90. The molecule has 0 saturated heterocycles. The number of amides is 1. The highest BCUT2D eigenvalue weighted by Gasteiger charge is 2.13. The van der Waals surface area contributed by atoms with Gasteiger partial charge in [0.15, 0.2) is 0 Å². The topological polar surface area (TPSA) is 57.8 Å². The van der Waals surface area contributed by atoms with Gasteiger partial charge in [0.05, 0.1) is 0 Å². The molecule has 0 aliphatic carbocycles. The second kappa shape index (κ2) is 8.13. The second-order valence-electron chi connectivity index (χ2n) is 5.86. The molecule has 1 aromatic heterocycles. The SMILES string of the molecule is Cc1ccc(Cl)cc1NC(=O)/C(C#N)=C\c1cccn1-c1ccc(Cl)cc1. The first kappa shape index (κ1) is 18.8. The maximum Gasteiger partial charge on any atom is 0.266 e. The van der Waals surface area contributed by atoms with Crippen molar-refractivity contribution in [2.24, 2.45) is 0 Å². The van der Waals surface area contributed by atoms with Crippen LogP contribution in [0.2, 0.25) is 10.0 Å². The second-order valence-corrected chi connectivity index (χ2v) is 6.74. The summed E-state index contributed by atoms with van der Waals surface area (Å²) >= 11 is 11.9. The van der Waals surface area contributed by atoms with Crippen LogP contribution in [0.15, 0.2) is 66.4 Å². The van der Waals surface area contributed by atoms with E-state index in [1.165, 1.54) is 0 Å². The molecule has 27 heavy (non-hydrogen) atoms. The molecule has 1 amide bonds. The molecule has 4 nitrogen and oxygen atoms in total. The van der Waals surface area contributed by atoms with Gasteiger partial charge >= 0.3 is 0 Å². The number of nitrogens with one attached hydrogen (secondary N) is 1. The Bertz CT molecular complexity index is 1060. The Morgan fingerprint density at radius 2 is 1.81 bits per heavy atom. The number of carbonyl (C=O) groups excluding carboxylic acids is 1. The van der Waals surface area contributed by atoms with E-state index >= 15 is 0 Å². The first-order chi connectivity index (χ1) is 13.0. The van der Waals surface area contributed by atoms with Crippen molar-refractivity contribution in [2.75, 3.05) is 5.32 Å². The van der Waals surface area contributed by atoms with Crippen molar-refractivity contribution in [2.45, 2.75) is 6.92 Å². The van der Waals surface area contributed by atoms with E-state index < -0.39 is 5.91 Å². The third-order valence-corrected chi connectivity index (χ3v) is 4.48. The molecule has 3 aromatic rings. The fourth-order valence-corrected chi connectivity index (χ4v) is 2.86. The summed E-state index contributed by atoms with van der Waals surface area (Å²) in [6.45, 7) is 1.85. The molecule has 0 radical (unpaired) electrons. The van der Waals surface area contributed by atoms with E-state index in [0.29, 0.717) is 21.4 Å². The molecule has 0 aliphatic rings. The standard InChI is InChI=1S/C21H15Cl2N3O/c1-14-4-5-17(23)12-20(14)25-21(27)15(13-24)11-19-3-2-10-26(19)18-8-6-16(22)7-9-18/h2-12H,1H3,(H,25,27)/b15-11-. The number of aryl methyl sites for hydroxylation is 1. The van der Waals surface area contributed by atoms with Gasteiger partial charge in [-0.1, -0.05) is 29.3 Å². The summed E-state index contributed by atoms with van der Waals surface area (Å²) in [5.41, 5.74) is 2.99. The minimum atomic E-state index is -0.494. The molecule has 0 spiro atoms. The van der Waals surface area contributed by atoms with Gasteiger partial charge in [0.2, 0.25) is 0 Å². The average Bonchev–Trinajstić information content (AvgIpc) is 3.11. The number of nitrogens with zero attached hydrogens (tertiary/aromatic N) is 2. The molecular formula is C21H15Cl2N3O. The van der Waals surface area contributed by atoms with E-state index in [-0.39, 0.29) is 5.57 Å². The van der Waals surface area contributed by atoms with Crippen molar-refractivity contribution in [3.63, 3.8) is 0 Å². The van der Waals surface area contributed by atoms with Crippen LogP contribution < -0.4 is 5.32 Å². The third-order valence-electron chi connectivity index (χ3n) is 3.99. The highest BCUT2D eigenvalue weighted by molar-refractivity contribution is 6.31. The Kier molecular flexibility index (Phi) is 5.66. The lowest BCUT2D eigenvalue weighted by atomic mass is 10.1. The van der Waals surface area contributed by atoms with Gasteiger partial charge in [0, 0.05) is 33.3 Å². The lowest BCUT2D eigenvalue weighted by molar-refractivity contribution is -0.112. The zero-order valence-electron chi connectivity index (χ0n) is 14.4. The summed E-state index contributed by atoms with van der Waals surface area (Å²) in [6, 6.07) is 18.1. The quantitative estimate of drug-likeness (QED) is 0.459. The molecule has 1 N–H and O–H groups in total. The molecule has 0 fully saturated rings. The Labute approximate surface area is 167 Å². The highest BCUT2D eigenvalue weighted by Crippen LogP contribution is 2.22. The number of benzene rings is 2. The van der Waals surface area contributed by atoms with Crippen LogP contribution in [0.4, 0.5) is 5.69 Å². The fourth-order valence-electron chi connectivity index (χ4n) is 2.56. The molecule has 3 rings (SSSR count). The number of hydrogen-bond donors (Lipinski definition) is 1. The van der Waals surface area contributed by atoms with Gasteiger partial charge in [0.1, 0.15) is 11.6 Å². The first-order valence-electron chi connectivity index (χ1n) is 8.10. The van der Waals surface area contributed by atoms with E-state index in [4.69, 9.17) is 23.2 Å². The zero-order valence-corrected chi connectivity index (χ0v) is 15.9. The van der Waals surface area contributed by atoms with E-state index in [9.17, 15) is 10.1 Å². The Hall–Kier alpha value is -3.00. The summed E-state index contributed by atoms with van der Waals surface area (Å²) in [4.78, 5) is 12.6. The summed E-state index contributed by atoms with van der Waals surface area (Å²) < 4.78 is 1.87. The predicted molar refractivity (Wildman–Crippen MR) is 109 cm³/mol. The van der Waals surface area contributed by atoms with Crippen LogP contribution in [0.25, 0.3) is 11.8 Å². The summed E-state index contributed by atoms with van der Waals surface area (Å²) in [5, 5.41) is 13.3. The number of nitriles is 1. The van der Waals surface area contributed by atoms with Crippen LogP contribution in [0.3, 0.4) is 0 Å². The molecule has 1 heterocycles. The van der Waals surface area contributed by atoms with Crippen LogP contribution in [-0.4, -0.2) is 10.5 Å². The van der Waals surface area contributed by atoms with Crippen LogP contribution in [0.5, 0.6) is 0 Å². The van der Waals surface area contributed by atoms with Gasteiger partial charge in [-0.25, -0.2) is 0 Å². The molecular weight excluding hydrogens is 381 g/mol. The normalized spacial score (nSPS) is 11.1. The minimum absolute atomic E-state index is 0.0108. The number of anilines is 1. The number of carbonyl (C=O) groups is 1. The highest BCUT2D eigenvalue weighted by atomic mass is 35.5. The van der Waals surface area contributed by atoms with Crippen molar-refractivity contribution >= 4 is 40.9 Å². The van der Waals surface area contributed by atoms with Crippen LogP contribution >= 0.6 is 23.2 Å². The van der Waals surface area contributed by atoms with Gasteiger partial charge in [0.25, 0.3) is 5.91 Å². The molecule has 0 atom stereocenters. The molecule has 0 bridgehead atoms. The average molecular weight is 396 g/mol.